The molecule has 6 rings (SSSR count). The van der Waals surface area contributed by atoms with Crippen molar-refractivity contribution in [1.29, 1.82) is 0 Å². The van der Waals surface area contributed by atoms with E-state index in [4.69, 9.17) is 19.4 Å². The number of aryl methyl sites for hydroxylation is 4. The van der Waals surface area contributed by atoms with E-state index in [0.29, 0.717) is 17.4 Å². The van der Waals surface area contributed by atoms with Crippen LogP contribution in [0, 0.1) is 20.8 Å². The first-order valence-corrected chi connectivity index (χ1v) is 13.4. The highest BCUT2D eigenvalue weighted by Crippen LogP contribution is 2.37. The van der Waals surface area contributed by atoms with E-state index in [2.05, 4.69) is 30.2 Å². The summed E-state index contributed by atoms with van der Waals surface area (Å²) in [6, 6.07) is 7.99. The Morgan fingerprint density at radius 1 is 0.950 bits per heavy atom. The van der Waals surface area contributed by atoms with Gasteiger partial charge in [-0.2, -0.15) is 0 Å². The van der Waals surface area contributed by atoms with Gasteiger partial charge in [-0.15, -0.1) is 0 Å². The highest BCUT2D eigenvalue weighted by molar-refractivity contribution is 5.92. The Balaban J connectivity index is 1.44. The number of nitrogens with zero attached hydrogens (tertiary/aromatic N) is 7. The zero-order valence-electron chi connectivity index (χ0n) is 23.4. The predicted octanol–water partition coefficient (Wildman–Crippen LogP) is 5.74. The van der Waals surface area contributed by atoms with Crippen LogP contribution < -0.4 is 15.4 Å². The van der Waals surface area contributed by atoms with Gasteiger partial charge in [-0.3, -0.25) is 9.55 Å². The van der Waals surface area contributed by atoms with Crippen molar-refractivity contribution >= 4 is 34.2 Å². The minimum atomic E-state index is -0.108. The summed E-state index contributed by atoms with van der Waals surface area (Å²) < 4.78 is 16.0. The van der Waals surface area contributed by atoms with Crippen LogP contribution in [0.1, 0.15) is 42.7 Å². The SMILES string of the molecule is COc1cc(-c2cncn2C)ccc1Nc1cc(Nc2cnc(C)c(C)n2)nc2c1nc(C)n2C1CCCCO1. The molecule has 4 aromatic heterocycles. The van der Waals surface area contributed by atoms with E-state index in [1.807, 2.05) is 62.8 Å². The van der Waals surface area contributed by atoms with Crippen LogP contribution in [0.2, 0.25) is 0 Å². The topological polar surface area (TPSA) is 117 Å². The standard InChI is InChI=1S/C29H33N9O2/c1-17-18(2)32-26(15-31-17)35-25-13-22(28-29(36-25)38(19(3)33-28)27-8-6-7-11-40-27)34-21-10-9-20(12-24(21)39-5)23-14-30-16-37(23)4/h9-10,12-16,27H,6-8,11H2,1-5H3,(H2,32,34,35,36). The lowest BCUT2D eigenvalue weighted by Gasteiger charge is -2.25. The summed E-state index contributed by atoms with van der Waals surface area (Å²) in [5.41, 5.74) is 6.83. The molecule has 0 radical (unpaired) electrons. The van der Waals surface area contributed by atoms with Gasteiger partial charge < -0.3 is 24.7 Å². The molecule has 0 saturated carbocycles. The summed E-state index contributed by atoms with van der Waals surface area (Å²) in [4.78, 5) is 23.2. The molecular weight excluding hydrogens is 506 g/mol. The molecule has 0 aliphatic carbocycles. The van der Waals surface area contributed by atoms with Crippen LogP contribution in [0.25, 0.3) is 22.4 Å². The predicted molar refractivity (Wildman–Crippen MR) is 154 cm³/mol. The quantitative estimate of drug-likeness (QED) is 0.267. The summed E-state index contributed by atoms with van der Waals surface area (Å²) in [7, 11) is 3.64. The summed E-state index contributed by atoms with van der Waals surface area (Å²) in [6.07, 6.45) is 8.31. The summed E-state index contributed by atoms with van der Waals surface area (Å²) in [6.45, 7) is 6.61. The number of pyridine rings is 1. The van der Waals surface area contributed by atoms with Gasteiger partial charge in [0.2, 0.25) is 0 Å². The van der Waals surface area contributed by atoms with Crippen molar-refractivity contribution in [3.63, 3.8) is 0 Å². The van der Waals surface area contributed by atoms with Crippen molar-refractivity contribution in [1.82, 2.24) is 34.1 Å². The Labute approximate surface area is 232 Å². The van der Waals surface area contributed by atoms with Crippen molar-refractivity contribution < 1.29 is 9.47 Å². The minimum absolute atomic E-state index is 0.108. The van der Waals surface area contributed by atoms with Crippen molar-refractivity contribution in [3.8, 4) is 17.0 Å². The van der Waals surface area contributed by atoms with E-state index in [9.17, 15) is 0 Å². The highest BCUT2D eigenvalue weighted by Gasteiger charge is 2.24. The number of methoxy groups -OCH3 is 1. The first-order chi connectivity index (χ1) is 19.4. The van der Waals surface area contributed by atoms with E-state index in [0.717, 1.165) is 76.9 Å². The van der Waals surface area contributed by atoms with Crippen molar-refractivity contribution in [3.05, 3.63) is 60.2 Å². The number of aromatic nitrogens is 7. The maximum atomic E-state index is 6.14. The largest absolute Gasteiger partial charge is 0.495 e. The Morgan fingerprint density at radius 3 is 2.55 bits per heavy atom. The fourth-order valence-electron chi connectivity index (χ4n) is 5.07. The molecule has 2 N–H and O–H groups in total. The molecule has 0 bridgehead atoms. The molecule has 1 aliphatic heterocycles. The molecule has 1 saturated heterocycles. The van der Waals surface area contributed by atoms with Gasteiger partial charge in [0.05, 0.1) is 54.3 Å². The molecule has 5 heterocycles. The zero-order chi connectivity index (χ0) is 27.8. The number of rotatable bonds is 7. The number of hydrogen-bond acceptors (Lipinski definition) is 9. The Kier molecular flexibility index (Phi) is 6.81. The third-order valence-corrected chi connectivity index (χ3v) is 7.30. The van der Waals surface area contributed by atoms with Gasteiger partial charge in [0.15, 0.2) is 5.65 Å². The molecule has 0 amide bonds. The van der Waals surface area contributed by atoms with E-state index in [1.165, 1.54) is 0 Å². The first-order valence-electron chi connectivity index (χ1n) is 13.4. The summed E-state index contributed by atoms with van der Waals surface area (Å²) >= 11 is 0. The molecule has 1 fully saturated rings. The van der Waals surface area contributed by atoms with Crippen LogP contribution in [0.3, 0.4) is 0 Å². The van der Waals surface area contributed by atoms with Gasteiger partial charge in [0, 0.05) is 25.3 Å². The minimum Gasteiger partial charge on any atom is -0.495 e. The molecule has 1 aliphatic rings. The number of fused-ring (bicyclic) bond motifs is 1. The van der Waals surface area contributed by atoms with E-state index in [1.54, 1.807) is 19.6 Å². The lowest BCUT2D eigenvalue weighted by molar-refractivity contribution is -0.0308. The molecule has 1 atom stereocenters. The van der Waals surface area contributed by atoms with Crippen LogP contribution in [0.5, 0.6) is 5.75 Å². The highest BCUT2D eigenvalue weighted by atomic mass is 16.5. The maximum absolute atomic E-state index is 6.14. The van der Waals surface area contributed by atoms with Gasteiger partial charge in [0.1, 0.15) is 35.0 Å². The Morgan fingerprint density at radius 2 is 1.82 bits per heavy atom. The average molecular weight is 540 g/mol. The number of hydrogen-bond donors (Lipinski definition) is 2. The molecule has 206 valence electrons. The monoisotopic (exact) mass is 539 g/mol. The van der Waals surface area contributed by atoms with Gasteiger partial charge in [-0.1, -0.05) is 6.07 Å². The number of benzene rings is 1. The van der Waals surface area contributed by atoms with Crippen LogP contribution in [0.4, 0.5) is 23.0 Å². The molecular formula is C29H33N9O2. The third-order valence-electron chi connectivity index (χ3n) is 7.30. The maximum Gasteiger partial charge on any atom is 0.166 e. The number of anilines is 4. The second kappa shape index (κ2) is 10.6. The van der Waals surface area contributed by atoms with Gasteiger partial charge in [0.25, 0.3) is 0 Å². The number of nitrogens with one attached hydrogen (secondary N) is 2. The van der Waals surface area contributed by atoms with Crippen molar-refractivity contribution in [2.24, 2.45) is 7.05 Å². The number of imidazole rings is 2. The molecule has 40 heavy (non-hydrogen) atoms. The van der Waals surface area contributed by atoms with E-state index < -0.39 is 0 Å². The summed E-state index contributed by atoms with van der Waals surface area (Å²) in [5, 5.41) is 6.91. The molecule has 5 aromatic rings. The lowest BCUT2D eigenvalue weighted by atomic mass is 10.1. The normalized spacial score (nSPS) is 15.4. The number of ether oxygens (including phenoxy) is 2. The first kappa shape index (κ1) is 25.8. The molecule has 11 heteroatoms. The van der Waals surface area contributed by atoms with Gasteiger partial charge in [-0.05, 0) is 52.2 Å². The average Bonchev–Trinajstić information content (AvgIpc) is 3.53. The van der Waals surface area contributed by atoms with Crippen LogP contribution in [-0.2, 0) is 11.8 Å². The third kappa shape index (κ3) is 4.84. The smallest absolute Gasteiger partial charge is 0.166 e. The van der Waals surface area contributed by atoms with Crippen LogP contribution >= 0.6 is 0 Å². The van der Waals surface area contributed by atoms with Gasteiger partial charge >= 0.3 is 0 Å². The van der Waals surface area contributed by atoms with Crippen molar-refractivity contribution in [2.75, 3.05) is 24.4 Å². The molecule has 1 aromatic carbocycles. The lowest BCUT2D eigenvalue weighted by Crippen LogP contribution is -2.19. The Hall–Kier alpha value is -4.51. The van der Waals surface area contributed by atoms with Crippen molar-refractivity contribution in [2.45, 2.75) is 46.3 Å². The molecule has 11 nitrogen and oxygen atoms in total. The van der Waals surface area contributed by atoms with E-state index >= 15 is 0 Å². The molecule has 1 unspecified atom stereocenters. The molecule has 0 spiro atoms. The van der Waals surface area contributed by atoms with Gasteiger partial charge in [-0.25, -0.2) is 19.9 Å². The van der Waals surface area contributed by atoms with Crippen LogP contribution in [-0.4, -0.2) is 47.8 Å². The fraction of sp³-hybridized carbons (Fsp3) is 0.345. The fourth-order valence-corrected chi connectivity index (χ4v) is 5.07. The van der Waals surface area contributed by atoms with E-state index in [-0.39, 0.29) is 6.23 Å². The zero-order valence-corrected chi connectivity index (χ0v) is 23.4. The second-order valence-corrected chi connectivity index (χ2v) is 10.1. The Bertz CT molecular complexity index is 1680. The van der Waals surface area contributed by atoms with Crippen LogP contribution in [0.15, 0.2) is 43.0 Å². The second-order valence-electron chi connectivity index (χ2n) is 10.1. The summed E-state index contributed by atoms with van der Waals surface area (Å²) in [5.74, 6) is 2.79.